The standard InChI is InChI=1S/C27H27Cl2N3O4/c1-16(34)23(15-33)32-25(21-10-9-17(28)14-22(21)29)24(19-7-2-3-8-20(19)27(32)36)26(35)31-13-11-18-6-4-5-12-30-18/h2-10,12,14,16,23-25,33-34H,11,13,15H2,1H3,(H,31,35)/t16-,23-,24+,25-/m0/s1. The number of carbonyl (C=O) groups excluding carboxylic acids is 2. The first kappa shape index (κ1) is 26.1. The van der Waals surface area contributed by atoms with E-state index < -0.39 is 36.6 Å². The maximum atomic E-state index is 13.8. The number of pyridine rings is 1. The molecule has 3 aromatic rings. The number of halogens is 2. The van der Waals surface area contributed by atoms with E-state index in [0.29, 0.717) is 34.7 Å². The van der Waals surface area contributed by atoms with Gasteiger partial charge in [0.05, 0.1) is 30.7 Å². The van der Waals surface area contributed by atoms with Gasteiger partial charge in [-0.3, -0.25) is 14.6 Å². The number of nitrogens with zero attached hydrogens (tertiary/aromatic N) is 2. The molecule has 2 heterocycles. The molecule has 4 rings (SSSR count). The summed E-state index contributed by atoms with van der Waals surface area (Å²) in [6, 6.07) is 15.5. The van der Waals surface area contributed by atoms with Crippen molar-refractivity contribution in [2.24, 2.45) is 0 Å². The van der Waals surface area contributed by atoms with Crippen LogP contribution in [0.25, 0.3) is 0 Å². The Morgan fingerprint density at radius 2 is 1.86 bits per heavy atom. The average Bonchev–Trinajstić information content (AvgIpc) is 2.86. The average molecular weight is 528 g/mol. The molecule has 0 aliphatic carbocycles. The molecule has 7 nitrogen and oxygen atoms in total. The highest BCUT2D eigenvalue weighted by Gasteiger charge is 2.48. The summed E-state index contributed by atoms with van der Waals surface area (Å²) >= 11 is 12.7. The zero-order valence-electron chi connectivity index (χ0n) is 19.6. The highest BCUT2D eigenvalue weighted by molar-refractivity contribution is 6.35. The molecule has 0 bridgehead atoms. The van der Waals surface area contributed by atoms with Gasteiger partial charge in [0.2, 0.25) is 5.91 Å². The van der Waals surface area contributed by atoms with Crippen LogP contribution in [0.3, 0.4) is 0 Å². The van der Waals surface area contributed by atoms with Crippen molar-refractivity contribution in [2.45, 2.75) is 37.5 Å². The Labute approximate surface area is 219 Å². The molecule has 0 fully saturated rings. The molecule has 0 saturated carbocycles. The van der Waals surface area contributed by atoms with Gasteiger partial charge in [-0.25, -0.2) is 0 Å². The molecule has 0 radical (unpaired) electrons. The molecule has 1 aromatic heterocycles. The second-order valence-electron chi connectivity index (χ2n) is 8.74. The van der Waals surface area contributed by atoms with E-state index >= 15 is 0 Å². The molecule has 1 aliphatic heterocycles. The summed E-state index contributed by atoms with van der Waals surface area (Å²) in [5.74, 6) is -1.57. The molecule has 188 valence electrons. The van der Waals surface area contributed by atoms with E-state index in [4.69, 9.17) is 23.2 Å². The lowest BCUT2D eigenvalue weighted by molar-refractivity contribution is -0.125. The van der Waals surface area contributed by atoms with Gasteiger partial charge >= 0.3 is 0 Å². The van der Waals surface area contributed by atoms with Gasteiger partial charge in [-0.05, 0) is 48.4 Å². The minimum atomic E-state index is -1.06. The van der Waals surface area contributed by atoms with E-state index in [1.807, 2.05) is 18.2 Å². The Kier molecular flexibility index (Phi) is 8.26. The predicted octanol–water partition coefficient (Wildman–Crippen LogP) is 3.77. The maximum Gasteiger partial charge on any atom is 0.255 e. The van der Waals surface area contributed by atoms with E-state index in [2.05, 4.69) is 10.3 Å². The number of carbonyl (C=O) groups is 2. The fourth-order valence-corrected chi connectivity index (χ4v) is 5.23. The number of hydrogen-bond acceptors (Lipinski definition) is 5. The molecular formula is C27H27Cl2N3O4. The minimum Gasteiger partial charge on any atom is -0.394 e. The normalized spacial score (nSPS) is 18.9. The molecule has 0 unspecified atom stereocenters. The Hall–Kier alpha value is -2.97. The van der Waals surface area contributed by atoms with Gasteiger partial charge in [0.1, 0.15) is 0 Å². The summed E-state index contributed by atoms with van der Waals surface area (Å²) in [6.45, 7) is 1.34. The van der Waals surface area contributed by atoms with Crippen molar-refractivity contribution in [3.63, 3.8) is 0 Å². The summed E-state index contributed by atoms with van der Waals surface area (Å²) in [4.78, 5) is 33.2. The number of benzene rings is 2. The minimum absolute atomic E-state index is 0.276. The van der Waals surface area contributed by atoms with Crippen molar-refractivity contribution in [1.29, 1.82) is 0 Å². The number of hydrogen-bond donors (Lipinski definition) is 3. The Morgan fingerprint density at radius 1 is 1.11 bits per heavy atom. The Morgan fingerprint density at radius 3 is 2.53 bits per heavy atom. The molecule has 4 atom stereocenters. The quantitative estimate of drug-likeness (QED) is 0.413. The number of rotatable bonds is 8. The van der Waals surface area contributed by atoms with Crippen molar-refractivity contribution in [3.8, 4) is 0 Å². The van der Waals surface area contributed by atoms with Gasteiger partial charge in [0.25, 0.3) is 5.91 Å². The number of amides is 2. The number of nitrogens with one attached hydrogen (secondary N) is 1. The molecule has 3 N–H and O–H groups in total. The lowest BCUT2D eigenvalue weighted by atomic mass is 9.78. The van der Waals surface area contributed by atoms with Gasteiger partial charge in [-0.1, -0.05) is 53.5 Å². The number of fused-ring (bicyclic) bond motifs is 1. The topological polar surface area (TPSA) is 103 Å². The van der Waals surface area contributed by atoms with Crippen LogP contribution in [0.2, 0.25) is 10.0 Å². The Bertz CT molecular complexity index is 1240. The predicted molar refractivity (Wildman–Crippen MR) is 138 cm³/mol. The van der Waals surface area contributed by atoms with E-state index in [1.54, 1.807) is 48.7 Å². The van der Waals surface area contributed by atoms with Crippen LogP contribution in [0.1, 0.15) is 46.1 Å². The van der Waals surface area contributed by atoms with E-state index in [1.165, 1.54) is 11.8 Å². The molecule has 0 saturated heterocycles. The smallest absolute Gasteiger partial charge is 0.255 e. The van der Waals surface area contributed by atoms with Gasteiger partial charge in [-0.15, -0.1) is 0 Å². The van der Waals surface area contributed by atoms with Crippen LogP contribution in [-0.2, 0) is 11.2 Å². The zero-order chi connectivity index (χ0) is 25.8. The lowest BCUT2D eigenvalue weighted by Crippen LogP contribution is -2.55. The molecular weight excluding hydrogens is 501 g/mol. The summed E-state index contributed by atoms with van der Waals surface area (Å²) in [6.07, 6.45) is 1.16. The van der Waals surface area contributed by atoms with Crippen molar-refractivity contribution in [2.75, 3.05) is 13.2 Å². The van der Waals surface area contributed by atoms with Crippen molar-refractivity contribution >= 4 is 35.0 Å². The lowest BCUT2D eigenvalue weighted by Gasteiger charge is -2.46. The van der Waals surface area contributed by atoms with Crippen molar-refractivity contribution in [1.82, 2.24) is 15.2 Å². The first-order valence-corrected chi connectivity index (χ1v) is 12.4. The third-order valence-electron chi connectivity index (χ3n) is 6.45. The molecule has 36 heavy (non-hydrogen) atoms. The van der Waals surface area contributed by atoms with E-state index in [0.717, 1.165) is 5.69 Å². The summed E-state index contributed by atoms with van der Waals surface area (Å²) in [5.41, 5.74) is 2.22. The molecule has 0 spiro atoms. The number of aliphatic hydroxyl groups is 2. The number of aromatic nitrogens is 1. The Balaban J connectivity index is 1.80. The van der Waals surface area contributed by atoms with Crippen LogP contribution >= 0.6 is 23.2 Å². The monoisotopic (exact) mass is 527 g/mol. The summed E-state index contributed by atoms with van der Waals surface area (Å²) in [5, 5.41) is 24.3. The van der Waals surface area contributed by atoms with Gasteiger partial charge in [0.15, 0.2) is 0 Å². The first-order valence-electron chi connectivity index (χ1n) is 11.7. The summed E-state index contributed by atoms with van der Waals surface area (Å²) < 4.78 is 0. The zero-order valence-corrected chi connectivity index (χ0v) is 21.2. The van der Waals surface area contributed by atoms with Crippen LogP contribution in [0.4, 0.5) is 0 Å². The first-order chi connectivity index (χ1) is 17.3. The SMILES string of the molecule is C[C@H](O)[C@H](CO)N1C(=O)c2ccccc2[C@@H](C(=O)NCCc2ccccn2)[C@@H]1c1ccc(Cl)cc1Cl. The largest absolute Gasteiger partial charge is 0.394 e. The number of aliphatic hydroxyl groups excluding tert-OH is 2. The van der Waals surface area contributed by atoms with Gasteiger partial charge in [0, 0.05) is 40.5 Å². The highest BCUT2D eigenvalue weighted by Crippen LogP contribution is 2.46. The third kappa shape index (κ3) is 5.25. The van der Waals surface area contributed by atoms with Crippen LogP contribution < -0.4 is 5.32 Å². The van der Waals surface area contributed by atoms with Crippen molar-refractivity contribution in [3.05, 3.63) is 99.3 Å². The molecule has 1 aliphatic rings. The van der Waals surface area contributed by atoms with Gasteiger partial charge < -0.3 is 20.4 Å². The van der Waals surface area contributed by atoms with E-state index in [9.17, 15) is 19.8 Å². The fraction of sp³-hybridized carbons (Fsp3) is 0.296. The molecule has 9 heteroatoms. The van der Waals surface area contributed by atoms with Crippen LogP contribution in [-0.4, -0.2) is 57.2 Å². The van der Waals surface area contributed by atoms with E-state index in [-0.39, 0.29) is 10.9 Å². The van der Waals surface area contributed by atoms with Gasteiger partial charge in [-0.2, -0.15) is 0 Å². The molecule has 2 amide bonds. The third-order valence-corrected chi connectivity index (χ3v) is 7.01. The van der Waals surface area contributed by atoms with Crippen molar-refractivity contribution < 1.29 is 19.8 Å². The molecule has 2 aromatic carbocycles. The summed E-state index contributed by atoms with van der Waals surface area (Å²) in [7, 11) is 0. The second-order valence-corrected chi connectivity index (χ2v) is 9.58. The fourth-order valence-electron chi connectivity index (χ4n) is 4.71. The van der Waals surface area contributed by atoms with Crippen LogP contribution in [0, 0.1) is 0 Å². The van der Waals surface area contributed by atoms with Crippen LogP contribution in [0.15, 0.2) is 66.9 Å². The highest BCUT2D eigenvalue weighted by atomic mass is 35.5. The maximum absolute atomic E-state index is 13.8. The van der Waals surface area contributed by atoms with Crippen LogP contribution in [0.5, 0.6) is 0 Å². The second kappa shape index (κ2) is 11.4.